The van der Waals surface area contributed by atoms with Gasteiger partial charge >= 0.3 is 11.9 Å². The normalized spacial score (nSPS) is 12.3. The second kappa shape index (κ2) is 6.56. The Morgan fingerprint density at radius 3 is 1.37 bits per heavy atom. The lowest BCUT2D eigenvalue weighted by Crippen LogP contribution is -2.16. The lowest BCUT2D eigenvalue weighted by molar-refractivity contribution is 0.0686. The molecular weight excluding hydrogens is 488 g/mol. The molecule has 0 saturated heterocycles. The van der Waals surface area contributed by atoms with E-state index in [0.717, 1.165) is 0 Å². The van der Waals surface area contributed by atoms with Gasteiger partial charge in [0.25, 0.3) is 11.1 Å². The van der Waals surface area contributed by atoms with E-state index in [2.05, 4.69) is 9.97 Å². The Hall–Kier alpha value is -5.64. The maximum absolute atomic E-state index is 13.8. The molecule has 0 amide bonds. The molecule has 0 spiro atoms. The standard InChI is InChI=1S/C28H12N4O6/c33-25-15-5-6-16-22-14(24-30-18-8-2-12(28(37)38)10-20(18)32(24)26(16)34)4-3-13(21(15)22)23-29-17-7-1-11(27(35)36)9-19(17)31(23)25/h1-10H,(H,35,36)(H,37,38). The second-order valence-corrected chi connectivity index (χ2v) is 9.24. The minimum absolute atomic E-state index is 0.0413. The second-order valence-electron chi connectivity index (χ2n) is 9.24. The molecule has 0 fully saturated rings. The molecule has 0 atom stereocenters. The number of pyridine rings is 2. The molecule has 38 heavy (non-hydrogen) atoms. The van der Waals surface area contributed by atoms with E-state index in [-0.39, 0.29) is 22.2 Å². The van der Waals surface area contributed by atoms with Crippen molar-refractivity contribution in [2.75, 3.05) is 0 Å². The molecule has 2 N–H and O–H groups in total. The average molecular weight is 500 g/mol. The van der Waals surface area contributed by atoms with Crippen LogP contribution < -0.4 is 11.1 Å². The zero-order valence-electron chi connectivity index (χ0n) is 19.1. The third-order valence-electron chi connectivity index (χ3n) is 7.31. The summed E-state index contributed by atoms with van der Waals surface area (Å²) in [5.41, 5.74) is 1.78. The molecule has 0 aliphatic carbocycles. The van der Waals surface area contributed by atoms with Crippen molar-refractivity contribution >= 4 is 77.6 Å². The van der Waals surface area contributed by atoms with Crippen LogP contribution in [0.5, 0.6) is 0 Å². The summed E-state index contributed by atoms with van der Waals surface area (Å²) in [4.78, 5) is 59.9. The van der Waals surface area contributed by atoms with Crippen molar-refractivity contribution in [2.45, 2.75) is 0 Å². The highest BCUT2D eigenvalue weighted by molar-refractivity contribution is 6.27. The van der Waals surface area contributed by atoms with Crippen molar-refractivity contribution in [3.63, 3.8) is 0 Å². The summed E-state index contributed by atoms with van der Waals surface area (Å²) in [6.45, 7) is 0. The predicted octanol–water partition coefficient (Wildman–Crippen LogP) is 3.74. The first kappa shape index (κ1) is 20.5. The maximum Gasteiger partial charge on any atom is 0.335 e. The predicted molar refractivity (Wildman–Crippen MR) is 140 cm³/mol. The molecule has 10 nitrogen and oxygen atoms in total. The number of hydrogen-bond donors (Lipinski definition) is 2. The van der Waals surface area contributed by atoms with Crippen LogP contribution in [0.1, 0.15) is 20.7 Å². The van der Waals surface area contributed by atoms with Gasteiger partial charge in [-0.15, -0.1) is 0 Å². The minimum Gasteiger partial charge on any atom is -0.478 e. The summed E-state index contributed by atoms with van der Waals surface area (Å²) >= 11 is 0. The molecule has 8 rings (SSSR count). The average Bonchev–Trinajstić information content (AvgIpc) is 3.49. The van der Waals surface area contributed by atoms with Gasteiger partial charge in [-0.05, 0) is 60.7 Å². The molecule has 4 aromatic carbocycles. The molecule has 0 aliphatic heterocycles. The van der Waals surface area contributed by atoms with Gasteiger partial charge in [-0.3, -0.25) is 18.4 Å². The summed E-state index contributed by atoms with van der Waals surface area (Å²) in [7, 11) is 0. The van der Waals surface area contributed by atoms with Crippen LogP contribution in [0.2, 0.25) is 0 Å². The Bertz CT molecular complexity index is 2330. The fourth-order valence-corrected chi connectivity index (χ4v) is 5.65. The summed E-state index contributed by atoms with van der Waals surface area (Å²) in [6.07, 6.45) is 0. The molecule has 8 aromatic rings. The third-order valence-corrected chi connectivity index (χ3v) is 7.31. The number of aromatic nitrogens is 4. The van der Waals surface area contributed by atoms with Crippen molar-refractivity contribution in [2.24, 2.45) is 0 Å². The minimum atomic E-state index is -1.11. The lowest BCUT2D eigenvalue weighted by atomic mass is 9.96. The summed E-state index contributed by atoms with van der Waals surface area (Å²) in [5, 5.41) is 22.0. The fraction of sp³-hybridized carbons (Fsp3) is 0. The number of carboxylic acid groups (broad SMARTS) is 2. The van der Waals surface area contributed by atoms with Crippen LogP contribution in [0, 0.1) is 0 Å². The van der Waals surface area contributed by atoms with Gasteiger partial charge in [-0.1, -0.05) is 0 Å². The van der Waals surface area contributed by atoms with Crippen LogP contribution >= 0.6 is 0 Å². The summed E-state index contributed by atoms with van der Waals surface area (Å²) in [5.74, 6) is -2.22. The van der Waals surface area contributed by atoms with Crippen LogP contribution in [0.15, 0.2) is 70.3 Å². The lowest BCUT2D eigenvalue weighted by Gasteiger charge is -2.12. The topological polar surface area (TPSA) is 143 Å². The highest BCUT2D eigenvalue weighted by Gasteiger charge is 2.23. The Labute approximate surface area is 208 Å². The van der Waals surface area contributed by atoms with Gasteiger partial charge in [-0.2, -0.15) is 0 Å². The van der Waals surface area contributed by atoms with Crippen LogP contribution in [0.25, 0.3) is 65.7 Å². The number of carboxylic acids is 2. The summed E-state index contributed by atoms with van der Waals surface area (Å²) in [6, 6.07) is 15.7. The molecule has 0 aliphatic rings. The van der Waals surface area contributed by atoms with Crippen LogP contribution in [-0.2, 0) is 0 Å². The number of nitrogens with zero attached hydrogens (tertiary/aromatic N) is 4. The van der Waals surface area contributed by atoms with Crippen LogP contribution in [0.4, 0.5) is 0 Å². The zero-order valence-corrected chi connectivity index (χ0v) is 19.1. The van der Waals surface area contributed by atoms with E-state index in [1.807, 2.05) is 12.1 Å². The van der Waals surface area contributed by atoms with Gasteiger partial charge in [0, 0.05) is 32.3 Å². The van der Waals surface area contributed by atoms with E-state index in [0.29, 0.717) is 65.7 Å². The Morgan fingerprint density at radius 2 is 0.974 bits per heavy atom. The molecule has 4 aromatic heterocycles. The molecule has 4 heterocycles. The number of imidazole rings is 2. The van der Waals surface area contributed by atoms with E-state index in [4.69, 9.17) is 0 Å². The van der Waals surface area contributed by atoms with Crippen molar-refractivity contribution < 1.29 is 19.8 Å². The van der Waals surface area contributed by atoms with Crippen molar-refractivity contribution in [3.8, 4) is 0 Å². The van der Waals surface area contributed by atoms with Crippen LogP contribution in [-0.4, -0.2) is 40.9 Å². The van der Waals surface area contributed by atoms with Gasteiger partial charge < -0.3 is 10.2 Å². The fourth-order valence-electron chi connectivity index (χ4n) is 5.65. The first-order valence-electron chi connectivity index (χ1n) is 11.5. The van der Waals surface area contributed by atoms with E-state index in [9.17, 15) is 29.4 Å². The number of benzene rings is 4. The monoisotopic (exact) mass is 500 g/mol. The number of rotatable bonds is 2. The van der Waals surface area contributed by atoms with Crippen molar-refractivity contribution in [1.82, 2.24) is 18.8 Å². The van der Waals surface area contributed by atoms with Gasteiger partial charge in [-0.25, -0.2) is 19.6 Å². The van der Waals surface area contributed by atoms with Crippen molar-refractivity contribution in [3.05, 3.63) is 92.5 Å². The molecule has 0 bridgehead atoms. The summed E-state index contributed by atoms with van der Waals surface area (Å²) < 4.78 is 2.82. The number of hydrogen-bond acceptors (Lipinski definition) is 6. The van der Waals surface area contributed by atoms with E-state index in [1.165, 1.54) is 33.1 Å². The third kappa shape index (κ3) is 2.31. The Morgan fingerprint density at radius 1 is 0.579 bits per heavy atom. The SMILES string of the molecule is O=C(O)c1ccc2nc3c4ccc5c6c(ccc(c(=O)n3c2c1)c46)c(=O)n1c2cc(C(=O)O)ccc2nc51. The van der Waals surface area contributed by atoms with Gasteiger partial charge in [0.1, 0.15) is 11.3 Å². The molecule has 0 unspecified atom stereocenters. The van der Waals surface area contributed by atoms with Crippen molar-refractivity contribution in [1.29, 1.82) is 0 Å². The zero-order chi connectivity index (χ0) is 26.0. The first-order valence-corrected chi connectivity index (χ1v) is 11.5. The van der Waals surface area contributed by atoms with Crippen LogP contribution in [0.3, 0.4) is 0 Å². The van der Waals surface area contributed by atoms with E-state index >= 15 is 0 Å². The highest BCUT2D eigenvalue weighted by Crippen LogP contribution is 2.36. The van der Waals surface area contributed by atoms with Gasteiger partial charge in [0.15, 0.2) is 0 Å². The quantitative estimate of drug-likeness (QED) is 0.342. The Balaban J connectivity index is 1.60. The molecule has 0 radical (unpaired) electrons. The highest BCUT2D eigenvalue weighted by atomic mass is 16.4. The largest absolute Gasteiger partial charge is 0.478 e. The molecule has 0 saturated carbocycles. The maximum atomic E-state index is 13.8. The number of carbonyl (C=O) groups is 2. The number of aromatic carboxylic acids is 2. The van der Waals surface area contributed by atoms with Gasteiger partial charge in [0.05, 0.1) is 33.2 Å². The number of fused-ring (bicyclic) bond motifs is 8. The Kier molecular flexibility index (Phi) is 3.55. The smallest absolute Gasteiger partial charge is 0.335 e. The molecule has 180 valence electrons. The van der Waals surface area contributed by atoms with Gasteiger partial charge in [0.2, 0.25) is 0 Å². The first-order chi connectivity index (χ1) is 18.3. The van der Waals surface area contributed by atoms with E-state index < -0.39 is 11.9 Å². The van der Waals surface area contributed by atoms with E-state index in [1.54, 1.807) is 24.3 Å². The molecule has 10 heteroatoms. The molecular formula is C28H12N4O6.